The molecule has 1 aromatic heterocycles. The third-order valence-corrected chi connectivity index (χ3v) is 2.38. The van der Waals surface area contributed by atoms with Gasteiger partial charge in [0, 0.05) is 18.0 Å². The van der Waals surface area contributed by atoms with E-state index in [1.807, 2.05) is 6.92 Å². The fourth-order valence-electron chi connectivity index (χ4n) is 1.63. The first-order valence-corrected chi connectivity index (χ1v) is 4.63. The van der Waals surface area contributed by atoms with Crippen molar-refractivity contribution >= 4 is 16.8 Å². The van der Waals surface area contributed by atoms with Gasteiger partial charge in [-0.25, -0.2) is 4.39 Å². The summed E-state index contributed by atoms with van der Waals surface area (Å²) in [4.78, 5) is 14.2. The lowest BCUT2D eigenvalue weighted by molar-refractivity contribution is 0.0959. The number of benzene rings is 1. The second-order valence-corrected chi connectivity index (χ2v) is 3.45. The number of carbonyl (C=O) groups excluding carboxylic acids is 1. The van der Waals surface area contributed by atoms with Gasteiger partial charge in [0.2, 0.25) is 0 Å². The first kappa shape index (κ1) is 9.71. The van der Waals surface area contributed by atoms with Crippen molar-refractivity contribution < 1.29 is 9.18 Å². The molecule has 1 heterocycles. The summed E-state index contributed by atoms with van der Waals surface area (Å²) in [5.41, 5.74) is 1.91. The lowest BCUT2D eigenvalue weighted by atomic mass is 10.1. The molecule has 0 saturated heterocycles. The molecule has 0 unspecified atom stereocenters. The van der Waals surface area contributed by atoms with Crippen LogP contribution in [0.25, 0.3) is 10.9 Å². The van der Waals surface area contributed by atoms with Crippen molar-refractivity contribution in [3.8, 4) is 0 Å². The lowest BCUT2D eigenvalue weighted by Gasteiger charge is -1.95. The third-order valence-electron chi connectivity index (χ3n) is 2.38. The maximum absolute atomic E-state index is 13.1. The van der Waals surface area contributed by atoms with Crippen LogP contribution in [-0.4, -0.2) is 17.9 Å². The summed E-state index contributed by atoms with van der Waals surface area (Å²) in [7, 11) is 1.56. The largest absolute Gasteiger partial charge is 0.354 e. The molecular weight excluding hydrogens is 195 g/mol. The van der Waals surface area contributed by atoms with Crippen LogP contribution in [0.1, 0.15) is 16.1 Å². The molecule has 0 fully saturated rings. The van der Waals surface area contributed by atoms with E-state index in [0.717, 1.165) is 10.9 Å². The Morgan fingerprint density at radius 2 is 2.13 bits per heavy atom. The van der Waals surface area contributed by atoms with Gasteiger partial charge in [-0.15, -0.1) is 0 Å². The summed E-state index contributed by atoms with van der Waals surface area (Å²) >= 11 is 0. The number of nitrogens with one attached hydrogen (secondary N) is 2. The lowest BCUT2D eigenvalue weighted by Crippen LogP contribution is -2.17. The molecule has 4 heteroatoms. The van der Waals surface area contributed by atoms with Crippen LogP contribution in [0.4, 0.5) is 4.39 Å². The van der Waals surface area contributed by atoms with E-state index in [-0.39, 0.29) is 11.7 Å². The number of aryl methyl sites for hydroxylation is 1. The molecular formula is C11H11FN2O. The second-order valence-electron chi connectivity index (χ2n) is 3.45. The van der Waals surface area contributed by atoms with E-state index in [9.17, 15) is 9.18 Å². The van der Waals surface area contributed by atoms with Gasteiger partial charge in [-0.2, -0.15) is 0 Å². The zero-order chi connectivity index (χ0) is 11.0. The van der Waals surface area contributed by atoms with Crippen LogP contribution in [0.2, 0.25) is 0 Å². The van der Waals surface area contributed by atoms with Gasteiger partial charge < -0.3 is 10.3 Å². The van der Waals surface area contributed by atoms with Gasteiger partial charge in [-0.05, 0) is 30.7 Å². The summed E-state index contributed by atoms with van der Waals surface area (Å²) in [5, 5.41) is 3.38. The second kappa shape index (κ2) is 3.38. The molecule has 3 nitrogen and oxygen atoms in total. The van der Waals surface area contributed by atoms with E-state index in [1.54, 1.807) is 13.1 Å². The predicted octanol–water partition coefficient (Wildman–Crippen LogP) is 1.98. The normalized spacial score (nSPS) is 10.6. The van der Waals surface area contributed by atoms with Crippen LogP contribution in [0.3, 0.4) is 0 Å². The van der Waals surface area contributed by atoms with Gasteiger partial charge in [0.15, 0.2) is 0 Å². The van der Waals surface area contributed by atoms with Crippen LogP contribution in [0.15, 0.2) is 18.2 Å². The van der Waals surface area contributed by atoms with Crippen molar-refractivity contribution in [2.75, 3.05) is 7.05 Å². The first-order chi connectivity index (χ1) is 7.11. The molecule has 0 aliphatic rings. The van der Waals surface area contributed by atoms with Crippen molar-refractivity contribution in [1.29, 1.82) is 0 Å². The van der Waals surface area contributed by atoms with Crippen LogP contribution in [0.5, 0.6) is 0 Å². The van der Waals surface area contributed by atoms with E-state index in [4.69, 9.17) is 0 Å². The summed E-state index contributed by atoms with van der Waals surface area (Å²) in [6.45, 7) is 1.81. The van der Waals surface area contributed by atoms with Crippen LogP contribution >= 0.6 is 0 Å². The highest BCUT2D eigenvalue weighted by molar-refractivity contribution is 5.98. The molecule has 0 atom stereocenters. The topological polar surface area (TPSA) is 44.9 Å². The Kier molecular flexibility index (Phi) is 2.19. The molecule has 2 aromatic rings. The Balaban J connectivity index is 2.65. The molecule has 0 saturated carbocycles. The van der Waals surface area contributed by atoms with Crippen LogP contribution in [-0.2, 0) is 0 Å². The predicted molar refractivity (Wildman–Crippen MR) is 56.4 cm³/mol. The van der Waals surface area contributed by atoms with E-state index in [2.05, 4.69) is 10.3 Å². The van der Waals surface area contributed by atoms with Gasteiger partial charge in [-0.3, -0.25) is 4.79 Å². The zero-order valence-corrected chi connectivity index (χ0v) is 8.52. The average molecular weight is 206 g/mol. The van der Waals surface area contributed by atoms with Gasteiger partial charge in [-0.1, -0.05) is 0 Å². The molecule has 1 aromatic carbocycles. The Morgan fingerprint density at radius 1 is 1.40 bits per heavy atom. The Labute approximate surface area is 86.3 Å². The molecule has 0 aliphatic carbocycles. The maximum Gasteiger partial charge on any atom is 0.267 e. The highest BCUT2D eigenvalue weighted by Gasteiger charge is 2.09. The van der Waals surface area contributed by atoms with Crippen molar-refractivity contribution in [3.63, 3.8) is 0 Å². The number of halogens is 1. The third kappa shape index (κ3) is 1.58. The van der Waals surface area contributed by atoms with Gasteiger partial charge in [0.1, 0.15) is 11.5 Å². The van der Waals surface area contributed by atoms with E-state index < -0.39 is 0 Å². The molecule has 0 spiro atoms. The molecule has 78 valence electrons. The molecule has 0 radical (unpaired) electrons. The smallest absolute Gasteiger partial charge is 0.267 e. The quantitative estimate of drug-likeness (QED) is 0.736. The van der Waals surface area contributed by atoms with Crippen molar-refractivity contribution in [3.05, 3.63) is 35.3 Å². The van der Waals surface area contributed by atoms with Crippen molar-refractivity contribution in [2.45, 2.75) is 6.92 Å². The fraction of sp³-hybridized carbons (Fsp3) is 0.182. The minimum Gasteiger partial charge on any atom is -0.354 e. The standard InChI is InChI=1S/C11H11FN2O/c1-6-3-7(12)4-9-8(6)5-10(14-9)11(15)13-2/h3-5,14H,1-2H3,(H,13,15). The highest BCUT2D eigenvalue weighted by Crippen LogP contribution is 2.20. The first-order valence-electron chi connectivity index (χ1n) is 4.63. The van der Waals surface area contributed by atoms with Crippen LogP contribution in [0, 0.1) is 12.7 Å². The number of fused-ring (bicyclic) bond motifs is 1. The number of carbonyl (C=O) groups is 1. The van der Waals surface area contributed by atoms with Gasteiger partial charge >= 0.3 is 0 Å². The number of aromatic nitrogens is 1. The SMILES string of the molecule is CNC(=O)c1cc2c(C)cc(F)cc2[nH]1. The van der Waals surface area contributed by atoms with E-state index in [1.165, 1.54) is 12.1 Å². The molecule has 2 N–H and O–H groups in total. The highest BCUT2D eigenvalue weighted by atomic mass is 19.1. The number of hydrogen-bond acceptors (Lipinski definition) is 1. The summed E-state index contributed by atoms with van der Waals surface area (Å²) in [6, 6.07) is 4.56. The summed E-state index contributed by atoms with van der Waals surface area (Å²) in [6.07, 6.45) is 0. The maximum atomic E-state index is 13.1. The average Bonchev–Trinajstić information content (AvgIpc) is 2.60. The van der Waals surface area contributed by atoms with Crippen molar-refractivity contribution in [2.24, 2.45) is 0 Å². The number of aromatic amines is 1. The number of amides is 1. The zero-order valence-electron chi connectivity index (χ0n) is 8.52. The monoisotopic (exact) mass is 206 g/mol. The minimum atomic E-state index is -0.301. The van der Waals surface area contributed by atoms with Gasteiger partial charge in [0.25, 0.3) is 5.91 Å². The summed E-state index contributed by atoms with van der Waals surface area (Å²) < 4.78 is 13.1. The number of hydrogen-bond donors (Lipinski definition) is 2. The molecule has 0 aliphatic heterocycles. The number of H-pyrrole nitrogens is 1. The fourth-order valence-corrected chi connectivity index (χ4v) is 1.63. The molecule has 2 rings (SSSR count). The summed E-state index contributed by atoms with van der Waals surface area (Å²) in [5.74, 6) is -0.503. The molecule has 1 amide bonds. The van der Waals surface area contributed by atoms with Crippen molar-refractivity contribution in [1.82, 2.24) is 10.3 Å². The minimum absolute atomic E-state index is 0.203. The Hall–Kier alpha value is -1.84. The molecule has 15 heavy (non-hydrogen) atoms. The van der Waals surface area contributed by atoms with Gasteiger partial charge in [0.05, 0.1) is 0 Å². The molecule has 0 bridgehead atoms. The number of rotatable bonds is 1. The van der Waals surface area contributed by atoms with E-state index in [0.29, 0.717) is 11.2 Å². The Morgan fingerprint density at radius 3 is 2.80 bits per heavy atom. The van der Waals surface area contributed by atoms with E-state index >= 15 is 0 Å². The van der Waals surface area contributed by atoms with Crippen LogP contribution < -0.4 is 5.32 Å². The Bertz CT molecular complexity index is 531.